The first-order chi connectivity index (χ1) is 16.2. The molecule has 0 amide bonds. The number of aromatic amines is 1. The molecule has 0 radical (unpaired) electrons. The molecule has 0 atom stereocenters. The number of unbranched alkanes of at least 4 members (excludes halogenated alkanes) is 1. The topological polar surface area (TPSA) is 148 Å². The number of nitrogen functional groups attached to an aromatic ring is 2. The molecule has 1 aliphatic rings. The molecule has 182 valence electrons. The highest BCUT2D eigenvalue weighted by atomic mass is 32.2. The van der Waals surface area contributed by atoms with Crippen molar-refractivity contribution in [1.29, 1.82) is 0 Å². The molecule has 1 aromatic heterocycles. The van der Waals surface area contributed by atoms with E-state index in [1.165, 1.54) is 28.6 Å². The van der Waals surface area contributed by atoms with Crippen LogP contribution < -0.4 is 21.8 Å². The Morgan fingerprint density at radius 2 is 1.79 bits per heavy atom. The molecule has 4 rings (SSSR count). The van der Waals surface area contributed by atoms with E-state index in [4.69, 9.17) is 16.2 Å². The predicted molar refractivity (Wildman–Crippen MR) is 133 cm³/mol. The molecule has 2 heterocycles. The number of benzene rings is 2. The van der Waals surface area contributed by atoms with Crippen LogP contribution in [-0.2, 0) is 10.0 Å². The van der Waals surface area contributed by atoms with Gasteiger partial charge in [0.05, 0.1) is 39.3 Å². The van der Waals surface area contributed by atoms with Crippen molar-refractivity contribution in [2.24, 2.45) is 0 Å². The molecule has 1 saturated heterocycles. The summed E-state index contributed by atoms with van der Waals surface area (Å²) in [6, 6.07) is 7.69. The Morgan fingerprint density at radius 1 is 1.09 bits per heavy atom. The number of rotatable bonds is 7. The van der Waals surface area contributed by atoms with Gasteiger partial charge in [0.2, 0.25) is 10.0 Å². The third-order valence-corrected chi connectivity index (χ3v) is 7.87. The van der Waals surface area contributed by atoms with E-state index >= 15 is 0 Å². The molecule has 0 spiro atoms. The molecule has 10 nitrogen and oxygen atoms in total. The molecule has 0 aliphatic carbocycles. The summed E-state index contributed by atoms with van der Waals surface area (Å²) in [5, 5.41) is 0.296. The van der Waals surface area contributed by atoms with Crippen LogP contribution >= 0.6 is 0 Å². The quantitative estimate of drug-likeness (QED) is 0.339. The van der Waals surface area contributed by atoms with Crippen LogP contribution in [0.25, 0.3) is 22.3 Å². The number of piperazine rings is 1. The summed E-state index contributed by atoms with van der Waals surface area (Å²) in [4.78, 5) is 22.3. The maximum Gasteiger partial charge on any atom is 0.259 e. The minimum absolute atomic E-state index is 0.120. The summed E-state index contributed by atoms with van der Waals surface area (Å²) in [5.41, 5.74) is 12.7. The number of sulfonamides is 1. The summed E-state index contributed by atoms with van der Waals surface area (Å²) in [6.45, 7) is 4.65. The van der Waals surface area contributed by atoms with Crippen LogP contribution in [0, 0.1) is 0 Å². The number of nitrogens with zero attached hydrogens (tertiary/aromatic N) is 3. The molecule has 0 saturated carbocycles. The third-order valence-electron chi connectivity index (χ3n) is 5.97. The number of H-pyrrole nitrogens is 1. The minimum Gasteiger partial charge on any atom is -0.493 e. The standard InChI is InChI=1S/C23H30N6O4S/c1-3-4-11-33-21-6-5-15(34(31,32)29-9-7-28(2)8-10-29)12-17(21)22-26-20-14-19(25)18(24)13-16(20)23(30)27-22/h5-6,12-14H,3-4,7-11,24-25H2,1-2H3,(H,26,27,30). The Labute approximate surface area is 198 Å². The summed E-state index contributed by atoms with van der Waals surface area (Å²) < 4.78 is 34.1. The van der Waals surface area contributed by atoms with Gasteiger partial charge in [0, 0.05) is 26.2 Å². The van der Waals surface area contributed by atoms with Crippen LogP contribution in [0.4, 0.5) is 11.4 Å². The van der Waals surface area contributed by atoms with E-state index in [0.29, 0.717) is 60.7 Å². The average Bonchev–Trinajstić information content (AvgIpc) is 2.81. The monoisotopic (exact) mass is 486 g/mol. The SMILES string of the molecule is CCCCOc1ccc(S(=O)(=O)N2CCN(C)CC2)cc1-c1nc2cc(N)c(N)cc2c(=O)[nH]1. The number of likely N-dealkylation sites (N-methyl/N-ethyl adjacent to an activating group) is 1. The van der Waals surface area contributed by atoms with Crippen molar-refractivity contribution in [3.63, 3.8) is 0 Å². The van der Waals surface area contributed by atoms with Crippen LogP contribution in [-0.4, -0.2) is 67.4 Å². The number of anilines is 2. The first kappa shape index (κ1) is 24.0. The Kier molecular flexibility index (Phi) is 6.78. The first-order valence-electron chi connectivity index (χ1n) is 11.3. The molecule has 2 aromatic carbocycles. The van der Waals surface area contributed by atoms with Gasteiger partial charge in [-0.25, -0.2) is 13.4 Å². The third kappa shape index (κ3) is 4.72. The number of hydrogen-bond acceptors (Lipinski definition) is 8. The van der Waals surface area contributed by atoms with Crippen molar-refractivity contribution < 1.29 is 13.2 Å². The van der Waals surface area contributed by atoms with Gasteiger partial charge in [-0.15, -0.1) is 0 Å². The Balaban J connectivity index is 1.82. The van der Waals surface area contributed by atoms with E-state index in [2.05, 4.69) is 21.8 Å². The van der Waals surface area contributed by atoms with Gasteiger partial charge in [-0.05, 0) is 43.8 Å². The van der Waals surface area contributed by atoms with Gasteiger partial charge in [-0.3, -0.25) is 4.79 Å². The van der Waals surface area contributed by atoms with Gasteiger partial charge < -0.3 is 26.1 Å². The fourth-order valence-corrected chi connectivity index (χ4v) is 5.28. The van der Waals surface area contributed by atoms with Crippen LogP contribution in [0.1, 0.15) is 19.8 Å². The van der Waals surface area contributed by atoms with Crippen molar-refractivity contribution in [3.8, 4) is 17.1 Å². The van der Waals surface area contributed by atoms with Crippen molar-refractivity contribution in [2.45, 2.75) is 24.7 Å². The lowest BCUT2D eigenvalue weighted by Crippen LogP contribution is -2.47. The molecule has 1 fully saturated rings. The number of nitrogens with two attached hydrogens (primary N) is 2. The molecule has 34 heavy (non-hydrogen) atoms. The molecule has 0 unspecified atom stereocenters. The van der Waals surface area contributed by atoms with E-state index < -0.39 is 15.6 Å². The lowest BCUT2D eigenvalue weighted by molar-refractivity contribution is 0.222. The van der Waals surface area contributed by atoms with E-state index in [-0.39, 0.29) is 16.4 Å². The van der Waals surface area contributed by atoms with Gasteiger partial charge in [-0.2, -0.15) is 4.31 Å². The molecular weight excluding hydrogens is 456 g/mol. The van der Waals surface area contributed by atoms with Crippen molar-refractivity contribution in [3.05, 3.63) is 40.7 Å². The Morgan fingerprint density at radius 3 is 2.50 bits per heavy atom. The lowest BCUT2D eigenvalue weighted by atomic mass is 10.1. The van der Waals surface area contributed by atoms with Crippen LogP contribution in [0.5, 0.6) is 5.75 Å². The van der Waals surface area contributed by atoms with Crippen LogP contribution in [0.2, 0.25) is 0 Å². The maximum atomic E-state index is 13.4. The van der Waals surface area contributed by atoms with Gasteiger partial charge >= 0.3 is 0 Å². The minimum atomic E-state index is -3.73. The normalized spacial score (nSPS) is 15.6. The maximum absolute atomic E-state index is 13.4. The van der Waals surface area contributed by atoms with Crippen LogP contribution in [0.15, 0.2) is 40.0 Å². The average molecular weight is 487 g/mol. The smallest absolute Gasteiger partial charge is 0.259 e. The van der Waals surface area contributed by atoms with E-state index in [1.807, 2.05) is 7.05 Å². The lowest BCUT2D eigenvalue weighted by Gasteiger charge is -2.31. The van der Waals surface area contributed by atoms with Crippen molar-refractivity contribution in [2.75, 3.05) is 51.3 Å². The second kappa shape index (κ2) is 9.61. The second-order valence-corrected chi connectivity index (χ2v) is 10.4. The molecule has 0 bridgehead atoms. The number of hydrogen-bond donors (Lipinski definition) is 3. The number of aromatic nitrogens is 2. The molecule has 5 N–H and O–H groups in total. The predicted octanol–water partition coefficient (Wildman–Crippen LogP) is 1.87. The van der Waals surface area contributed by atoms with E-state index in [1.54, 1.807) is 6.07 Å². The zero-order valence-corrected chi connectivity index (χ0v) is 20.2. The first-order valence-corrected chi connectivity index (χ1v) is 12.7. The van der Waals surface area contributed by atoms with Gasteiger partial charge in [0.1, 0.15) is 11.6 Å². The molecule has 11 heteroatoms. The highest BCUT2D eigenvalue weighted by Gasteiger charge is 2.28. The van der Waals surface area contributed by atoms with Crippen LogP contribution in [0.3, 0.4) is 0 Å². The summed E-state index contributed by atoms with van der Waals surface area (Å²) >= 11 is 0. The Bertz CT molecular complexity index is 1360. The zero-order valence-electron chi connectivity index (χ0n) is 19.4. The van der Waals surface area contributed by atoms with Gasteiger partial charge in [0.25, 0.3) is 5.56 Å². The highest BCUT2D eigenvalue weighted by Crippen LogP contribution is 2.32. The summed E-state index contributed by atoms with van der Waals surface area (Å²) in [5.74, 6) is 0.639. The number of nitrogens with one attached hydrogen (secondary N) is 1. The summed E-state index contributed by atoms with van der Waals surface area (Å²) in [7, 11) is -1.76. The summed E-state index contributed by atoms with van der Waals surface area (Å²) in [6.07, 6.45) is 1.77. The zero-order chi connectivity index (χ0) is 24.5. The van der Waals surface area contributed by atoms with Gasteiger partial charge in [-0.1, -0.05) is 13.3 Å². The molecule has 3 aromatic rings. The molecular formula is C23H30N6O4S. The Hall–Kier alpha value is -3.15. The van der Waals surface area contributed by atoms with Crippen molar-refractivity contribution >= 4 is 32.3 Å². The fraction of sp³-hybridized carbons (Fsp3) is 0.391. The van der Waals surface area contributed by atoms with Gasteiger partial charge in [0.15, 0.2) is 0 Å². The van der Waals surface area contributed by atoms with E-state index in [9.17, 15) is 13.2 Å². The molecule has 1 aliphatic heterocycles. The van der Waals surface area contributed by atoms with Crippen molar-refractivity contribution in [1.82, 2.24) is 19.2 Å². The number of ether oxygens (including phenoxy) is 1. The highest BCUT2D eigenvalue weighted by molar-refractivity contribution is 7.89. The number of fused-ring (bicyclic) bond motifs is 1. The fourth-order valence-electron chi connectivity index (χ4n) is 3.83. The second-order valence-electron chi connectivity index (χ2n) is 8.48. The largest absolute Gasteiger partial charge is 0.493 e. The van der Waals surface area contributed by atoms with E-state index in [0.717, 1.165) is 12.8 Å².